The highest BCUT2D eigenvalue weighted by molar-refractivity contribution is 6.15. The molecule has 2 aliphatic carbocycles. The Hall–Kier alpha value is -6.78. The number of aromatic nitrogens is 1. The monoisotopic (exact) mass is 1050 g/mol. The molecule has 3 fully saturated rings. The number of methoxy groups -OCH3 is 3. The third kappa shape index (κ3) is 6.58. The number of H-pyrrole nitrogens is 1. The average Bonchev–Trinajstić information content (AvgIpc) is 3.13. The van der Waals surface area contributed by atoms with Crippen molar-refractivity contribution < 1.29 is 43.5 Å². The van der Waals surface area contributed by atoms with E-state index in [1.807, 2.05) is 50.1 Å². The summed E-state index contributed by atoms with van der Waals surface area (Å²) in [4.78, 5) is 60.3. The number of fused-ring (bicyclic) bond motifs is 7. The normalized spacial score (nSPS) is 34.9. The van der Waals surface area contributed by atoms with Crippen LogP contribution in [0.25, 0.3) is 10.9 Å². The first-order chi connectivity index (χ1) is 37.6. The summed E-state index contributed by atoms with van der Waals surface area (Å²) in [5.74, 6) is -1.56. The number of likely N-dealkylation sites (N-methyl/N-ethyl adjacent to an activating group) is 1. The summed E-state index contributed by atoms with van der Waals surface area (Å²) >= 11 is 0. The molecule has 2 saturated heterocycles. The number of nitrogens with one attached hydrogen (secondary N) is 1. The number of aromatic amines is 1. The lowest BCUT2D eigenvalue weighted by atomic mass is 9.47. The van der Waals surface area contributed by atoms with Crippen LogP contribution >= 0.6 is 0 Å². The van der Waals surface area contributed by atoms with Crippen LogP contribution in [0.2, 0.25) is 0 Å². The zero-order valence-corrected chi connectivity index (χ0v) is 45.7. The fraction of sp³-hybridized carbons (Fsp3) is 0.460. The van der Waals surface area contributed by atoms with Crippen LogP contribution < -0.4 is 9.64 Å². The Labute approximate surface area is 455 Å². The Morgan fingerprint density at radius 3 is 2.41 bits per heavy atom. The van der Waals surface area contributed by atoms with Crippen molar-refractivity contribution >= 4 is 45.9 Å². The summed E-state index contributed by atoms with van der Waals surface area (Å²) in [5, 5.41) is 26.3. The molecule has 1 saturated carbocycles. The van der Waals surface area contributed by atoms with Crippen LogP contribution in [0, 0.1) is 11.3 Å². The molecule has 11 atom stereocenters. The lowest BCUT2D eigenvalue weighted by Crippen LogP contribution is -2.81. The fourth-order valence-corrected chi connectivity index (χ4v) is 17.2. The molecule has 15 nitrogen and oxygen atoms in total. The van der Waals surface area contributed by atoms with E-state index in [1.54, 1.807) is 7.11 Å². The van der Waals surface area contributed by atoms with E-state index in [9.17, 15) is 19.8 Å². The predicted octanol–water partition coefficient (Wildman–Crippen LogP) is 7.22. The quantitative estimate of drug-likeness (QED) is 0.0965. The maximum absolute atomic E-state index is 15.3. The van der Waals surface area contributed by atoms with Gasteiger partial charge in [-0.15, -0.1) is 0 Å². The molecule has 2 unspecified atom stereocenters. The van der Waals surface area contributed by atoms with Gasteiger partial charge in [-0.05, 0) is 104 Å². The van der Waals surface area contributed by atoms with Gasteiger partial charge in [-0.3, -0.25) is 24.4 Å². The molecule has 3 N–H and O–H groups in total. The molecule has 4 aromatic rings. The van der Waals surface area contributed by atoms with Gasteiger partial charge in [-0.25, -0.2) is 4.79 Å². The number of para-hydroxylation sites is 2. The number of allylic oxidation sites excluding steroid dienone is 5. The molecule has 15 heteroatoms. The topological polar surface area (TPSA) is 170 Å². The number of carbonyl (C=O) groups excluding carboxylic acids is 3. The largest absolute Gasteiger partial charge is 0.496 e. The summed E-state index contributed by atoms with van der Waals surface area (Å²) in [6.07, 6.45) is 19.3. The van der Waals surface area contributed by atoms with Gasteiger partial charge in [0.15, 0.2) is 6.10 Å². The van der Waals surface area contributed by atoms with E-state index < -0.39 is 57.5 Å². The second-order valence-corrected chi connectivity index (χ2v) is 23.5. The van der Waals surface area contributed by atoms with Gasteiger partial charge in [0.05, 0.1) is 49.8 Å². The minimum atomic E-state index is -2.30. The molecular weight excluding hydrogens is 985 g/mol. The molecule has 0 radical (unpaired) electrons. The number of piperidine rings is 1. The highest BCUT2D eigenvalue weighted by atomic mass is 16.6. The third-order valence-electron chi connectivity index (χ3n) is 20.0. The van der Waals surface area contributed by atoms with Crippen molar-refractivity contribution in [2.24, 2.45) is 16.3 Å². The SMILES string of the molecule is C1=CC2=C3N(C=CC34C(=Nc3ccccc34)C=C2)C1.CC[C@]1(O)C[C@H]2CN(CCc3c([nH]c4ccccc34)[C@@](C(=O)OC)(c3cc4c(cc3OC)N(C)[C@H]3[C@@](O)(C(=O)OC)[C@H](OC(C)=O)[C@]5(CC)C=CCN6CC[C@]43[C@@H]65)C2)C1. The van der Waals surface area contributed by atoms with Gasteiger partial charge in [0.1, 0.15) is 11.2 Å². The van der Waals surface area contributed by atoms with Crippen molar-refractivity contribution in [1.82, 2.24) is 19.7 Å². The highest BCUT2D eigenvalue weighted by Crippen LogP contribution is 2.68. The molecule has 14 rings (SSSR count). The highest BCUT2D eigenvalue weighted by Gasteiger charge is 2.80. The number of carbonyl (C=O) groups is 3. The van der Waals surface area contributed by atoms with Crippen LogP contribution in [-0.4, -0.2) is 151 Å². The lowest BCUT2D eigenvalue weighted by molar-refractivity contribution is -0.228. The zero-order chi connectivity index (χ0) is 54.3. The number of esters is 3. The van der Waals surface area contributed by atoms with Gasteiger partial charge < -0.3 is 43.9 Å². The number of ether oxygens (including phenoxy) is 4. The van der Waals surface area contributed by atoms with E-state index in [0.29, 0.717) is 82.6 Å². The van der Waals surface area contributed by atoms with Gasteiger partial charge in [-0.2, -0.15) is 0 Å². The van der Waals surface area contributed by atoms with Crippen LogP contribution in [-0.2, 0) is 51.3 Å². The van der Waals surface area contributed by atoms with Gasteiger partial charge >= 0.3 is 17.9 Å². The van der Waals surface area contributed by atoms with E-state index in [4.69, 9.17) is 23.9 Å². The summed E-state index contributed by atoms with van der Waals surface area (Å²) in [6.45, 7) is 9.58. The molecule has 406 valence electrons. The molecule has 2 bridgehead atoms. The maximum atomic E-state index is 15.3. The summed E-state index contributed by atoms with van der Waals surface area (Å²) < 4.78 is 23.9. The van der Waals surface area contributed by atoms with Gasteiger partial charge in [-0.1, -0.05) is 80.6 Å². The second-order valence-electron chi connectivity index (χ2n) is 23.5. The van der Waals surface area contributed by atoms with Crippen molar-refractivity contribution in [2.45, 2.75) is 105 Å². The zero-order valence-electron chi connectivity index (χ0n) is 45.7. The number of hydrogen-bond acceptors (Lipinski definition) is 14. The smallest absolute Gasteiger partial charge is 0.344 e. The molecule has 0 amide bonds. The van der Waals surface area contributed by atoms with E-state index in [-0.39, 0.29) is 17.4 Å². The summed E-state index contributed by atoms with van der Waals surface area (Å²) in [7, 11) is 6.15. The number of hydrogen-bond donors (Lipinski definition) is 3. The Morgan fingerprint density at radius 2 is 1.64 bits per heavy atom. The van der Waals surface area contributed by atoms with Crippen molar-refractivity contribution in [3.8, 4) is 5.75 Å². The standard InChI is InChI=1S/C46H58N4O9.C17H12N2/c1-8-42(54)23-28-24-45(40(52)57-6,36-30(15-19-49(25-28)26-42)29-13-10-11-14-33(29)47-36)32-21-31-34(22-35(32)56-5)48(4)38-44(31)17-20-50-18-12-16-43(9-2,37(44)50)39(59-27(3)51)46(38,55)41(53)58-7;1-2-6-14-13(5-1)17-9-11-19-10-3-4-12(16(17)19)7-8-15(17)18-14/h10-14,16,21-22,28,37-39,47,54-55H,8-9,15,17-20,23-26H2,1-7H3;1-9,11H,10H2/t28-,37+,38-,39-,42+,43-,44-,45+,46+;/m1./s1. The van der Waals surface area contributed by atoms with Crippen LogP contribution in [0.15, 0.2) is 126 Å². The number of benzene rings is 3. The number of aliphatic hydroxyl groups is 2. The van der Waals surface area contributed by atoms with Crippen LogP contribution in [0.5, 0.6) is 5.75 Å². The van der Waals surface area contributed by atoms with Crippen molar-refractivity contribution in [2.75, 3.05) is 72.5 Å². The van der Waals surface area contributed by atoms with E-state index in [2.05, 4.69) is 105 Å². The number of anilines is 1. The molecule has 3 aromatic carbocycles. The predicted molar refractivity (Wildman–Crippen MR) is 297 cm³/mol. The van der Waals surface area contributed by atoms with E-state index in [0.717, 1.165) is 51.4 Å². The van der Waals surface area contributed by atoms with Gasteiger partial charge in [0.2, 0.25) is 5.60 Å². The number of aliphatic imine (C=N–C) groups is 1. The third-order valence-corrected chi connectivity index (χ3v) is 20.0. The Bertz CT molecular complexity index is 3410. The Balaban J connectivity index is 0.000000252. The van der Waals surface area contributed by atoms with E-state index >= 15 is 4.79 Å². The number of rotatable bonds is 7. The van der Waals surface area contributed by atoms with Crippen LogP contribution in [0.1, 0.15) is 80.8 Å². The van der Waals surface area contributed by atoms with Crippen LogP contribution in [0.4, 0.5) is 11.4 Å². The lowest BCUT2D eigenvalue weighted by Gasteiger charge is -2.63. The first-order valence-corrected chi connectivity index (χ1v) is 27.8. The summed E-state index contributed by atoms with van der Waals surface area (Å²) in [5.41, 5.74) is 4.51. The first kappa shape index (κ1) is 50.7. The fourth-order valence-electron chi connectivity index (χ4n) is 17.2. The minimum Gasteiger partial charge on any atom is -0.496 e. The van der Waals surface area contributed by atoms with Crippen molar-refractivity contribution in [3.63, 3.8) is 0 Å². The molecule has 2 spiro atoms. The van der Waals surface area contributed by atoms with Crippen molar-refractivity contribution in [1.29, 1.82) is 0 Å². The Morgan fingerprint density at radius 1 is 0.846 bits per heavy atom. The first-order valence-electron chi connectivity index (χ1n) is 27.8. The van der Waals surface area contributed by atoms with E-state index in [1.165, 1.54) is 38.0 Å². The molecule has 1 aromatic heterocycles. The molecular formula is C63H70N6O9. The Kier molecular flexibility index (Phi) is 11.6. The molecule has 78 heavy (non-hydrogen) atoms. The van der Waals surface area contributed by atoms with Gasteiger partial charge in [0.25, 0.3) is 0 Å². The molecule has 9 heterocycles. The van der Waals surface area contributed by atoms with Gasteiger partial charge in [0, 0.05) is 109 Å². The summed E-state index contributed by atoms with van der Waals surface area (Å²) in [6, 6.07) is 19.4. The maximum Gasteiger partial charge on any atom is 0.344 e. The molecule has 8 aliphatic heterocycles. The average molecular weight is 1060 g/mol. The van der Waals surface area contributed by atoms with Crippen LogP contribution in [0.3, 0.4) is 0 Å². The van der Waals surface area contributed by atoms with Crippen molar-refractivity contribution in [3.05, 3.63) is 149 Å². The second kappa shape index (κ2) is 17.9. The minimum absolute atomic E-state index is 0.0986. The number of nitrogens with zero attached hydrogens (tertiary/aromatic N) is 5. The molecule has 10 aliphatic rings.